The average Bonchev–Trinajstić information content (AvgIpc) is 3.39. The maximum Gasteiger partial charge on any atom is 0.246 e. The number of ether oxygens (including phenoxy) is 2. The molecule has 4 nitrogen and oxygen atoms in total. The zero-order chi connectivity index (χ0) is 26.3. The normalized spacial score (nSPS) is 20.0. The van der Waals surface area contributed by atoms with E-state index in [0.717, 1.165) is 48.9 Å². The summed E-state index contributed by atoms with van der Waals surface area (Å²) in [6.07, 6.45) is 9.27. The lowest BCUT2D eigenvalue weighted by Crippen LogP contribution is -2.26. The molecule has 39 heavy (non-hydrogen) atoms. The average molecular weight is 518 g/mol. The van der Waals surface area contributed by atoms with Gasteiger partial charge in [0.25, 0.3) is 0 Å². The number of hydrogen-bond acceptors (Lipinski definition) is 3. The third-order valence-corrected chi connectivity index (χ3v) is 7.77. The molecule has 0 aromatic heterocycles. The second kappa shape index (κ2) is 12.2. The lowest BCUT2D eigenvalue weighted by molar-refractivity contribution is -0.482. The highest BCUT2D eigenvalue weighted by molar-refractivity contribution is 5.83. The van der Waals surface area contributed by atoms with E-state index >= 15 is 0 Å². The van der Waals surface area contributed by atoms with Crippen molar-refractivity contribution in [2.24, 2.45) is 0 Å². The Bertz CT molecular complexity index is 1390. The van der Waals surface area contributed by atoms with E-state index < -0.39 is 0 Å². The molecule has 198 valence electrons. The van der Waals surface area contributed by atoms with Gasteiger partial charge in [-0.05, 0) is 37.1 Å². The van der Waals surface area contributed by atoms with Crippen LogP contribution in [0.5, 0.6) is 11.5 Å². The smallest absolute Gasteiger partial charge is 0.246 e. The number of rotatable bonds is 2. The van der Waals surface area contributed by atoms with E-state index in [-0.39, 0.29) is 12.1 Å². The van der Waals surface area contributed by atoms with Gasteiger partial charge in [-0.25, -0.2) is 9.48 Å². The fraction of sp³-hybridized carbons (Fsp3) is 0.286. The Hall–Kier alpha value is -4.05. The number of anilines is 1. The molecular weight excluding hydrogens is 480 g/mol. The Morgan fingerprint density at radius 1 is 0.538 bits per heavy atom. The Morgan fingerprint density at radius 2 is 1.08 bits per heavy atom. The van der Waals surface area contributed by atoms with Crippen LogP contribution in [0.3, 0.4) is 0 Å². The summed E-state index contributed by atoms with van der Waals surface area (Å²) in [4.78, 5) is 2.40. The van der Waals surface area contributed by atoms with Crippen molar-refractivity contribution in [1.29, 1.82) is 0 Å². The molecule has 0 saturated heterocycles. The van der Waals surface area contributed by atoms with Crippen LogP contribution in [0, 0.1) is 0 Å². The van der Waals surface area contributed by atoms with Crippen molar-refractivity contribution in [1.82, 2.24) is 0 Å². The fourth-order valence-corrected chi connectivity index (χ4v) is 5.85. The summed E-state index contributed by atoms with van der Waals surface area (Å²) in [6.45, 7) is 1.47. The molecule has 2 bridgehead atoms. The maximum atomic E-state index is 6.45. The van der Waals surface area contributed by atoms with Crippen molar-refractivity contribution in [3.63, 3.8) is 0 Å². The molecule has 0 saturated carbocycles. The van der Waals surface area contributed by atoms with Gasteiger partial charge in [0.15, 0.2) is 35.0 Å². The van der Waals surface area contributed by atoms with Crippen molar-refractivity contribution < 1.29 is 14.0 Å². The molecule has 0 radical (unpaired) electrons. The Morgan fingerprint density at radius 3 is 1.79 bits per heavy atom. The second-order valence-electron chi connectivity index (χ2n) is 10.4. The van der Waals surface area contributed by atoms with Crippen LogP contribution >= 0.6 is 0 Å². The number of para-hydroxylation sites is 4. The van der Waals surface area contributed by atoms with Crippen LogP contribution in [0.25, 0.3) is 0 Å². The zero-order valence-corrected chi connectivity index (χ0v) is 22.5. The first kappa shape index (κ1) is 25.2. The largest absolute Gasteiger partial charge is 0.489 e. The fourth-order valence-electron chi connectivity index (χ4n) is 5.85. The van der Waals surface area contributed by atoms with E-state index in [0.29, 0.717) is 0 Å². The predicted octanol–water partition coefficient (Wildman–Crippen LogP) is 8.47. The van der Waals surface area contributed by atoms with Crippen LogP contribution < -0.4 is 14.4 Å². The third kappa shape index (κ3) is 5.56. The molecular formula is C35H37N2O2+. The van der Waals surface area contributed by atoms with Crippen molar-refractivity contribution in [3.05, 3.63) is 120 Å². The molecule has 2 aliphatic rings. The topological polar surface area (TPSA) is 24.7 Å². The van der Waals surface area contributed by atoms with Crippen molar-refractivity contribution in [2.45, 2.75) is 50.6 Å². The van der Waals surface area contributed by atoms with Gasteiger partial charge in [-0.2, -0.15) is 0 Å². The lowest BCUT2D eigenvalue weighted by Gasteiger charge is -2.25. The first-order valence-electron chi connectivity index (χ1n) is 14.4. The monoisotopic (exact) mass is 517 g/mol. The Labute approximate surface area is 232 Å². The number of hydrogen-bond donors (Lipinski definition) is 0. The minimum atomic E-state index is 0.0327. The van der Waals surface area contributed by atoms with Gasteiger partial charge in [-0.1, -0.05) is 111 Å². The summed E-state index contributed by atoms with van der Waals surface area (Å²) in [6, 6.07) is 38.7. The molecule has 0 spiro atoms. The quantitative estimate of drug-likeness (QED) is 0.249. The summed E-state index contributed by atoms with van der Waals surface area (Å²) in [5.74, 6) is 1.86. The van der Waals surface area contributed by atoms with E-state index in [1.807, 2.05) is 0 Å². The summed E-state index contributed by atoms with van der Waals surface area (Å²) < 4.78 is 15.3. The molecule has 0 aliphatic carbocycles. The number of benzene rings is 4. The van der Waals surface area contributed by atoms with Gasteiger partial charge in [0, 0.05) is 11.1 Å². The van der Waals surface area contributed by atoms with E-state index in [1.54, 1.807) is 0 Å². The van der Waals surface area contributed by atoms with E-state index in [9.17, 15) is 0 Å². The molecule has 6 rings (SSSR count). The Kier molecular flexibility index (Phi) is 7.90. The van der Waals surface area contributed by atoms with E-state index in [2.05, 4.69) is 125 Å². The van der Waals surface area contributed by atoms with Gasteiger partial charge >= 0.3 is 0 Å². The zero-order valence-electron chi connectivity index (χ0n) is 22.5. The first-order chi connectivity index (χ1) is 19.4. The molecule has 2 aliphatic heterocycles. The van der Waals surface area contributed by atoms with Crippen LogP contribution in [0.4, 0.5) is 11.4 Å². The van der Waals surface area contributed by atoms with Crippen molar-refractivity contribution >= 4 is 17.7 Å². The molecule has 4 heteroatoms. The van der Waals surface area contributed by atoms with Crippen molar-refractivity contribution in [2.75, 3.05) is 18.1 Å². The van der Waals surface area contributed by atoms with Crippen LogP contribution in [0.2, 0.25) is 0 Å². The van der Waals surface area contributed by atoms with Gasteiger partial charge in [0.05, 0.1) is 13.2 Å². The highest BCUT2D eigenvalue weighted by atomic mass is 16.5. The summed E-state index contributed by atoms with van der Waals surface area (Å²) >= 11 is 0. The summed E-state index contributed by atoms with van der Waals surface area (Å²) in [5, 5.41) is 0. The lowest BCUT2D eigenvalue weighted by atomic mass is 9.92. The van der Waals surface area contributed by atoms with E-state index in [4.69, 9.17) is 9.47 Å². The van der Waals surface area contributed by atoms with Gasteiger partial charge in [-0.3, -0.25) is 0 Å². The minimum Gasteiger partial charge on any atom is -0.489 e. The van der Waals surface area contributed by atoms with Gasteiger partial charge < -0.3 is 9.47 Å². The maximum absolute atomic E-state index is 6.45. The van der Waals surface area contributed by atoms with Crippen molar-refractivity contribution in [3.8, 4) is 11.5 Å². The van der Waals surface area contributed by atoms with Crippen LogP contribution in [-0.2, 0) is 0 Å². The third-order valence-electron chi connectivity index (χ3n) is 7.77. The molecule has 0 unspecified atom stereocenters. The summed E-state index contributed by atoms with van der Waals surface area (Å²) in [5.41, 5.74) is 4.68. The SMILES string of the molecule is C1=[N+]2c3ccccc3OCCCCCCCCOc3ccccc3N1[C@@H](c1ccccc1)[C@@H]2c1ccccc1. The second-order valence-corrected chi connectivity index (χ2v) is 10.4. The Balaban J connectivity index is 1.53. The first-order valence-corrected chi connectivity index (χ1v) is 14.4. The minimum absolute atomic E-state index is 0.0327. The standard InChI is InChI=1S/C35H37N2O2/c1-2-4-16-26-39-33-24-14-12-22-31(33)37-27-36(30-21-11-13-23-32(30)38-25-15-3-1)34(28-17-7-5-8-18-28)35(37)29-19-9-6-10-20-29/h5-14,17-24,27,34-35H,1-4,15-16,25-26H2/q+1/t34-,35-/m0/s1. The molecule has 0 amide bonds. The summed E-state index contributed by atoms with van der Waals surface area (Å²) in [7, 11) is 0. The highest BCUT2D eigenvalue weighted by Crippen LogP contribution is 2.48. The van der Waals surface area contributed by atoms with Gasteiger partial charge in [0.2, 0.25) is 6.34 Å². The molecule has 4 aromatic rings. The molecule has 0 fully saturated rings. The van der Waals surface area contributed by atoms with Crippen LogP contribution in [-0.4, -0.2) is 24.1 Å². The molecule has 2 heterocycles. The number of nitrogens with zero attached hydrogens (tertiary/aromatic N) is 2. The van der Waals surface area contributed by atoms with E-state index in [1.165, 1.54) is 36.8 Å². The van der Waals surface area contributed by atoms with Crippen LogP contribution in [0.15, 0.2) is 109 Å². The van der Waals surface area contributed by atoms with Gasteiger partial charge in [0.1, 0.15) is 0 Å². The molecule has 4 aromatic carbocycles. The highest BCUT2D eigenvalue weighted by Gasteiger charge is 2.47. The predicted molar refractivity (Wildman–Crippen MR) is 158 cm³/mol. The van der Waals surface area contributed by atoms with Crippen LogP contribution in [0.1, 0.15) is 61.7 Å². The molecule has 2 atom stereocenters. The number of fused-ring (bicyclic) bond motifs is 5. The van der Waals surface area contributed by atoms with Gasteiger partial charge in [-0.15, -0.1) is 0 Å². The molecule has 0 N–H and O–H groups in total.